The quantitative estimate of drug-likeness (QED) is 0.692. The highest BCUT2D eigenvalue weighted by atomic mass is 32.2. The summed E-state index contributed by atoms with van der Waals surface area (Å²) in [7, 11) is 1.65. The molecule has 0 aliphatic heterocycles. The molecule has 4 nitrogen and oxygen atoms in total. The fourth-order valence-electron chi connectivity index (χ4n) is 1.44. The molecule has 1 aromatic rings. The fourth-order valence-corrected chi connectivity index (χ4v) is 2.04. The van der Waals surface area contributed by atoms with E-state index in [1.165, 1.54) is 5.56 Å². The van der Waals surface area contributed by atoms with Crippen LogP contribution in [0.5, 0.6) is 5.75 Å². The summed E-state index contributed by atoms with van der Waals surface area (Å²) in [6, 6.07) is 7.87. The van der Waals surface area contributed by atoms with Crippen LogP contribution in [-0.4, -0.2) is 37.6 Å². The maximum Gasteiger partial charge on any atom is 0.230 e. The number of carbonyl (C=O) groups is 1. The van der Waals surface area contributed by atoms with Gasteiger partial charge >= 0.3 is 0 Å². The molecule has 0 fully saturated rings. The molecule has 0 saturated heterocycles. The molecule has 18 heavy (non-hydrogen) atoms. The first-order valence-electron chi connectivity index (χ1n) is 5.93. The third-order valence-corrected chi connectivity index (χ3v) is 3.38. The largest absolute Gasteiger partial charge is 0.497 e. The molecule has 0 aromatic heterocycles. The molecule has 0 saturated carbocycles. The van der Waals surface area contributed by atoms with Crippen LogP contribution < -0.4 is 15.8 Å². The van der Waals surface area contributed by atoms with Gasteiger partial charge in [0.2, 0.25) is 5.91 Å². The zero-order chi connectivity index (χ0) is 13.2. The number of amides is 1. The van der Waals surface area contributed by atoms with Crippen LogP contribution in [0.4, 0.5) is 0 Å². The van der Waals surface area contributed by atoms with E-state index in [1.54, 1.807) is 18.9 Å². The molecule has 0 bridgehead atoms. The number of hydrogen-bond acceptors (Lipinski definition) is 4. The van der Waals surface area contributed by atoms with Gasteiger partial charge in [-0.1, -0.05) is 12.1 Å². The van der Waals surface area contributed by atoms with E-state index in [2.05, 4.69) is 5.32 Å². The SMILES string of the molecule is COc1ccc(CCNC(=O)CSCCN)cc1. The van der Waals surface area contributed by atoms with Crippen LogP contribution in [0.2, 0.25) is 0 Å². The summed E-state index contributed by atoms with van der Waals surface area (Å²) in [6.45, 7) is 1.28. The van der Waals surface area contributed by atoms with Crippen LogP contribution in [0, 0.1) is 0 Å². The normalized spacial score (nSPS) is 10.1. The van der Waals surface area contributed by atoms with E-state index in [0.717, 1.165) is 17.9 Å². The minimum absolute atomic E-state index is 0.0713. The molecule has 5 heteroatoms. The smallest absolute Gasteiger partial charge is 0.230 e. The summed E-state index contributed by atoms with van der Waals surface area (Å²) >= 11 is 1.56. The van der Waals surface area contributed by atoms with Gasteiger partial charge in [0.1, 0.15) is 5.75 Å². The van der Waals surface area contributed by atoms with E-state index in [-0.39, 0.29) is 5.91 Å². The summed E-state index contributed by atoms with van der Waals surface area (Å²) in [4.78, 5) is 11.4. The van der Waals surface area contributed by atoms with Crippen molar-refractivity contribution in [1.29, 1.82) is 0 Å². The Morgan fingerprint density at radius 3 is 2.72 bits per heavy atom. The molecule has 0 unspecified atom stereocenters. The Kier molecular flexibility index (Phi) is 7.29. The predicted octanol–water partition coefficient (Wildman–Crippen LogP) is 1.05. The third-order valence-electron chi connectivity index (χ3n) is 2.39. The van der Waals surface area contributed by atoms with Crippen molar-refractivity contribution in [3.63, 3.8) is 0 Å². The van der Waals surface area contributed by atoms with Gasteiger partial charge in [-0.05, 0) is 24.1 Å². The molecule has 1 aromatic carbocycles. The zero-order valence-electron chi connectivity index (χ0n) is 10.6. The minimum atomic E-state index is 0.0713. The molecule has 0 spiro atoms. The van der Waals surface area contributed by atoms with E-state index in [1.807, 2.05) is 24.3 Å². The molecular formula is C13H20N2O2S. The Labute approximate surface area is 112 Å². The van der Waals surface area contributed by atoms with E-state index < -0.39 is 0 Å². The third kappa shape index (κ3) is 5.93. The highest BCUT2D eigenvalue weighted by molar-refractivity contribution is 7.99. The van der Waals surface area contributed by atoms with Crippen molar-refractivity contribution < 1.29 is 9.53 Å². The second-order valence-corrected chi connectivity index (χ2v) is 4.89. The van der Waals surface area contributed by atoms with E-state index >= 15 is 0 Å². The van der Waals surface area contributed by atoms with Gasteiger partial charge in [-0.2, -0.15) is 11.8 Å². The van der Waals surface area contributed by atoms with Crippen LogP contribution in [0.25, 0.3) is 0 Å². The highest BCUT2D eigenvalue weighted by Gasteiger charge is 2.00. The average molecular weight is 268 g/mol. The van der Waals surface area contributed by atoms with Crippen molar-refractivity contribution in [3.8, 4) is 5.75 Å². The van der Waals surface area contributed by atoms with E-state index in [0.29, 0.717) is 18.8 Å². The highest BCUT2D eigenvalue weighted by Crippen LogP contribution is 2.11. The van der Waals surface area contributed by atoms with Gasteiger partial charge in [0.25, 0.3) is 0 Å². The molecule has 0 radical (unpaired) electrons. The van der Waals surface area contributed by atoms with E-state index in [9.17, 15) is 4.79 Å². The van der Waals surface area contributed by atoms with Crippen molar-refractivity contribution in [2.24, 2.45) is 5.73 Å². The first-order chi connectivity index (χ1) is 8.76. The van der Waals surface area contributed by atoms with Crippen LogP contribution >= 0.6 is 11.8 Å². The van der Waals surface area contributed by atoms with Gasteiger partial charge < -0.3 is 15.8 Å². The molecule has 3 N–H and O–H groups in total. The number of methoxy groups -OCH3 is 1. The van der Waals surface area contributed by atoms with Gasteiger partial charge in [0, 0.05) is 18.8 Å². The fraction of sp³-hybridized carbons (Fsp3) is 0.462. The number of rotatable bonds is 8. The predicted molar refractivity (Wildman–Crippen MR) is 76.1 cm³/mol. The van der Waals surface area contributed by atoms with Crippen molar-refractivity contribution in [1.82, 2.24) is 5.32 Å². The second-order valence-electron chi connectivity index (χ2n) is 3.79. The van der Waals surface area contributed by atoms with Crippen LogP contribution in [0.1, 0.15) is 5.56 Å². The maximum atomic E-state index is 11.4. The number of thioether (sulfide) groups is 1. The summed E-state index contributed by atoms with van der Waals surface area (Å²) in [5.74, 6) is 2.23. The monoisotopic (exact) mass is 268 g/mol. The van der Waals surface area contributed by atoms with Gasteiger partial charge in [0.15, 0.2) is 0 Å². The van der Waals surface area contributed by atoms with Crippen LogP contribution in [0.3, 0.4) is 0 Å². The Bertz CT molecular complexity index is 355. The van der Waals surface area contributed by atoms with Gasteiger partial charge in [-0.3, -0.25) is 4.79 Å². The van der Waals surface area contributed by atoms with E-state index in [4.69, 9.17) is 10.5 Å². The average Bonchev–Trinajstić information content (AvgIpc) is 2.40. The van der Waals surface area contributed by atoms with Crippen molar-refractivity contribution in [2.45, 2.75) is 6.42 Å². The van der Waals surface area contributed by atoms with Gasteiger partial charge in [-0.15, -0.1) is 0 Å². The molecule has 0 aliphatic rings. The van der Waals surface area contributed by atoms with Crippen LogP contribution in [0.15, 0.2) is 24.3 Å². The van der Waals surface area contributed by atoms with Crippen molar-refractivity contribution in [3.05, 3.63) is 29.8 Å². The summed E-state index contributed by atoms with van der Waals surface area (Å²) in [5.41, 5.74) is 6.54. The number of hydrogen-bond donors (Lipinski definition) is 2. The Hall–Kier alpha value is -1.20. The summed E-state index contributed by atoms with van der Waals surface area (Å²) < 4.78 is 5.08. The molecular weight excluding hydrogens is 248 g/mol. The lowest BCUT2D eigenvalue weighted by molar-refractivity contribution is -0.118. The lowest BCUT2D eigenvalue weighted by atomic mass is 10.1. The first kappa shape index (κ1) is 14.9. The van der Waals surface area contributed by atoms with Gasteiger partial charge in [-0.25, -0.2) is 0 Å². The molecule has 0 atom stereocenters. The molecule has 100 valence electrons. The molecule has 1 amide bonds. The summed E-state index contributed by atoms with van der Waals surface area (Å²) in [5, 5.41) is 2.89. The Morgan fingerprint density at radius 1 is 1.39 bits per heavy atom. The number of ether oxygens (including phenoxy) is 1. The Morgan fingerprint density at radius 2 is 2.11 bits per heavy atom. The topological polar surface area (TPSA) is 64.3 Å². The summed E-state index contributed by atoms with van der Waals surface area (Å²) in [6.07, 6.45) is 0.831. The standard InChI is InChI=1S/C13H20N2O2S/c1-17-12-4-2-11(3-5-12)6-8-15-13(16)10-18-9-7-14/h2-5H,6-10,14H2,1H3,(H,15,16). The first-order valence-corrected chi connectivity index (χ1v) is 7.09. The number of benzene rings is 1. The van der Waals surface area contributed by atoms with Crippen LogP contribution in [-0.2, 0) is 11.2 Å². The molecule has 1 rings (SSSR count). The Balaban J connectivity index is 2.18. The van der Waals surface area contributed by atoms with Crippen molar-refractivity contribution >= 4 is 17.7 Å². The minimum Gasteiger partial charge on any atom is -0.497 e. The lowest BCUT2D eigenvalue weighted by Crippen LogP contribution is -2.27. The van der Waals surface area contributed by atoms with Crippen molar-refractivity contribution in [2.75, 3.05) is 31.7 Å². The lowest BCUT2D eigenvalue weighted by Gasteiger charge is -2.06. The molecule has 0 aliphatic carbocycles. The molecule has 0 heterocycles. The number of nitrogens with two attached hydrogens (primary N) is 1. The van der Waals surface area contributed by atoms with Gasteiger partial charge in [0.05, 0.1) is 12.9 Å². The zero-order valence-corrected chi connectivity index (χ0v) is 11.5. The maximum absolute atomic E-state index is 11.4. The number of carbonyl (C=O) groups excluding carboxylic acids is 1. The number of nitrogens with one attached hydrogen (secondary N) is 1. The second kappa shape index (κ2) is 8.83.